The number of aromatic nitrogens is 2. The second-order valence-corrected chi connectivity index (χ2v) is 7.13. The van der Waals surface area contributed by atoms with Crippen LogP contribution in [0, 0.1) is 6.92 Å². The summed E-state index contributed by atoms with van der Waals surface area (Å²) in [6.45, 7) is 8.72. The average molecular weight is 272 g/mol. The molecule has 1 aliphatic rings. The lowest BCUT2D eigenvalue weighted by Crippen LogP contribution is -2.28. The van der Waals surface area contributed by atoms with Gasteiger partial charge in [0, 0.05) is 35.3 Å². The molecule has 0 spiro atoms. The van der Waals surface area contributed by atoms with Crippen molar-refractivity contribution in [3.05, 3.63) is 17.0 Å². The molecule has 1 aliphatic heterocycles. The van der Waals surface area contributed by atoms with Crippen molar-refractivity contribution < 1.29 is 0 Å². The third-order valence-corrected chi connectivity index (χ3v) is 4.61. The number of aryl methyl sites for hydroxylation is 1. The number of thioether (sulfide) groups is 1. The predicted octanol–water partition coefficient (Wildman–Crippen LogP) is 3.16. The Balaban J connectivity index is 2.19. The van der Waals surface area contributed by atoms with Gasteiger partial charge in [0.2, 0.25) is 5.28 Å². The smallest absolute Gasteiger partial charge is 0.224 e. The molecule has 0 saturated carbocycles. The first-order valence-corrected chi connectivity index (χ1v) is 7.22. The van der Waals surface area contributed by atoms with Crippen molar-refractivity contribution in [2.75, 3.05) is 23.7 Å². The van der Waals surface area contributed by atoms with Crippen molar-refractivity contribution in [1.29, 1.82) is 0 Å². The summed E-state index contributed by atoms with van der Waals surface area (Å²) in [6, 6.07) is 0. The van der Waals surface area contributed by atoms with Gasteiger partial charge in [-0.05, 0) is 24.9 Å². The van der Waals surface area contributed by atoms with E-state index in [0.717, 1.165) is 30.2 Å². The molecule has 0 aromatic carbocycles. The molecule has 0 atom stereocenters. The van der Waals surface area contributed by atoms with Crippen LogP contribution in [-0.4, -0.2) is 33.6 Å². The Bertz CT molecular complexity index is 409. The second-order valence-electron chi connectivity index (χ2n) is 4.99. The molecular formula is C12H18ClN3S. The highest BCUT2D eigenvalue weighted by atomic mass is 35.5. The van der Waals surface area contributed by atoms with Crippen molar-refractivity contribution in [2.24, 2.45) is 0 Å². The molecule has 5 heteroatoms. The maximum Gasteiger partial charge on any atom is 0.224 e. The molecule has 3 nitrogen and oxygen atoms in total. The molecule has 1 saturated heterocycles. The van der Waals surface area contributed by atoms with Crippen LogP contribution >= 0.6 is 23.4 Å². The van der Waals surface area contributed by atoms with Gasteiger partial charge in [-0.3, -0.25) is 0 Å². The molecule has 2 rings (SSSR count). The molecule has 0 N–H and O–H groups in total. The topological polar surface area (TPSA) is 29.0 Å². The van der Waals surface area contributed by atoms with Crippen LogP contribution in [0.1, 0.15) is 25.8 Å². The molecule has 0 aliphatic carbocycles. The van der Waals surface area contributed by atoms with E-state index in [2.05, 4.69) is 28.7 Å². The largest absolute Gasteiger partial charge is 0.355 e. The zero-order chi connectivity index (χ0) is 12.5. The third-order valence-electron chi connectivity index (χ3n) is 3.05. The number of rotatable bonds is 1. The summed E-state index contributed by atoms with van der Waals surface area (Å²) in [7, 11) is 0. The maximum absolute atomic E-state index is 5.88. The van der Waals surface area contributed by atoms with Crippen molar-refractivity contribution in [3.63, 3.8) is 0 Å². The standard InChI is InChI=1S/C12H18ClN3S/c1-9-8-14-11(13)15-10(9)16-5-4-12(2,3)17-7-6-16/h8H,4-7H2,1-3H3. The summed E-state index contributed by atoms with van der Waals surface area (Å²) in [4.78, 5) is 10.7. The van der Waals surface area contributed by atoms with E-state index in [1.165, 1.54) is 6.42 Å². The number of hydrogen-bond donors (Lipinski definition) is 0. The minimum absolute atomic E-state index is 0.335. The minimum Gasteiger partial charge on any atom is -0.355 e. The van der Waals surface area contributed by atoms with Crippen LogP contribution in [-0.2, 0) is 0 Å². The monoisotopic (exact) mass is 271 g/mol. The van der Waals surface area contributed by atoms with E-state index in [4.69, 9.17) is 11.6 Å². The SMILES string of the molecule is Cc1cnc(Cl)nc1N1CCSC(C)(C)CC1. The number of halogens is 1. The second kappa shape index (κ2) is 5.02. The first-order chi connectivity index (χ1) is 7.98. The highest BCUT2D eigenvalue weighted by molar-refractivity contribution is 8.00. The van der Waals surface area contributed by atoms with Crippen LogP contribution in [0.4, 0.5) is 5.82 Å². The molecule has 0 radical (unpaired) electrons. The van der Waals surface area contributed by atoms with Gasteiger partial charge in [-0.15, -0.1) is 0 Å². The van der Waals surface area contributed by atoms with E-state index in [0.29, 0.717) is 10.0 Å². The van der Waals surface area contributed by atoms with Gasteiger partial charge in [0.15, 0.2) is 0 Å². The predicted molar refractivity (Wildman–Crippen MR) is 75.1 cm³/mol. The lowest BCUT2D eigenvalue weighted by molar-refractivity contribution is 0.634. The van der Waals surface area contributed by atoms with E-state index < -0.39 is 0 Å². The summed E-state index contributed by atoms with van der Waals surface area (Å²) in [5.74, 6) is 2.12. The highest BCUT2D eigenvalue weighted by Crippen LogP contribution is 2.32. The summed E-state index contributed by atoms with van der Waals surface area (Å²) < 4.78 is 0.361. The quantitative estimate of drug-likeness (QED) is 0.734. The number of nitrogens with zero attached hydrogens (tertiary/aromatic N) is 3. The molecular weight excluding hydrogens is 254 g/mol. The molecule has 2 heterocycles. The fourth-order valence-electron chi connectivity index (χ4n) is 1.96. The summed E-state index contributed by atoms with van der Waals surface area (Å²) >= 11 is 7.91. The van der Waals surface area contributed by atoms with Gasteiger partial charge in [-0.2, -0.15) is 11.8 Å². The van der Waals surface area contributed by atoms with Gasteiger partial charge in [-0.1, -0.05) is 13.8 Å². The fourth-order valence-corrected chi connectivity index (χ4v) is 3.19. The van der Waals surface area contributed by atoms with E-state index in [9.17, 15) is 0 Å². The van der Waals surface area contributed by atoms with Gasteiger partial charge in [-0.25, -0.2) is 9.97 Å². The van der Waals surface area contributed by atoms with Gasteiger partial charge in [0.25, 0.3) is 0 Å². The lowest BCUT2D eigenvalue weighted by atomic mass is 10.1. The van der Waals surface area contributed by atoms with Gasteiger partial charge in [0.05, 0.1) is 0 Å². The molecule has 0 bridgehead atoms. The normalized spacial score (nSPS) is 20.1. The molecule has 0 unspecified atom stereocenters. The van der Waals surface area contributed by atoms with Crippen molar-refractivity contribution in [2.45, 2.75) is 31.9 Å². The van der Waals surface area contributed by atoms with Crippen LogP contribution in [0.15, 0.2) is 6.20 Å². The lowest BCUT2D eigenvalue weighted by Gasteiger charge is -2.24. The van der Waals surface area contributed by atoms with E-state index >= 15 is 0 Å². The zero-order valence-electron chi connectivity index (χ0n) is 10.5. The fraction of sp³-hybridized carbons (Fsp3) is 0.667. The molecule has 0 amide bonds. The molecule has 1 fully saturated rings. The van der Waals surface area contributed by atoms with Gasteiger partial charge in [0.1, 0.15) is 5.82 Å². The maximum atomic E-state index is 5.88. The highest BCUT2D eigenvalue weighted by Gasteiger charge is 2.24. The minimum atomic E-state index is 0.335. The van der Waals surface area contributed by atoms with Crippen LogP contribution in [0.2, 0.25) is 5.28 Å². The van der Waals surface area contributed by atoms with Crippen molar-refractivity contribution in [1.82, 2.24) is 9.97 Å². The van der Waals surface area contributed by atoms with E-state index in [1.807, 2.05) is 18.7 Å². The van der Waals surface area contributed by atoms with E-state index in [1.54, 1.807) is 6.20 Å². The van der Waals surface area contributed by atoms with Gasteiger partial charge < -0.3 is 4.90 Å². The molecule has 94 valence electrons. The Hall–Kier alpha value is -0.480. The number of anilines is 1. The first-order valence-electron chi connectivity index (χ1n) is 5.86. The van der Waals surface area contributed by atoms with Gasteiger partial charge >= 0.3 is 0 Å². The molecule has 17 heavy (non-hydrogen) atoms. The molecule has 1 aromatic heterocycles. The average Bonchev–Trinajstić information content (AvgIpc) is 2.43. The van der Waals surface area contributed by atoms with Crippen molar-refractivity contribution in [3.8, 4) is 0 Å². The summed E-state index contributed by atoms with van der Waals surface area (Å²) in [6.07, 6.45) is 2.96. The Labute approximate surface area is 112 Å². The first kappa shape index (κ1) is 13.0. The number of hydrogen-bond acceptors (Lipinski definition) is 4. The van der Waals surface area contributed by atoms with Crippen LogP contribution in [0.5, 0.6) is 0 Å². The Kier molecular flexibility index (Phi) is 3.83. The Morgan fingerprint density at radius 2 is 2.18 bits per heavy atom. The molecule has 1 aromatic rings. The van der Waals surface area contributed by atoms with Crippen LogP contribution in [0.25, 0.3) is 0 Å². The summed E-state index contributed by atoms with van der Waals surface area (Å²) in [5.41, 5.74) is 1.10. The zero-order valence-corrected chi connectivity index (χ0v) is 12.1. The third kappa shape index (κ3) is 3.26. The van der Waals surface area contributed by atoms with Crippen LogP contribution in [0.3, 0.4) is 0 Å². The van der Waals surface area contributed by atoms with E-state index in [-0.39, 0.29) is 0 Å². The van der Waals surface area contributed by atoms with Crippen molar-refractivity contribution >= 4 is 29.2 Å². The Morgan fingerprint density at radius 1 is 1.41 bits per heavy atom. The summed E-state index contributed by atoms with van der Waals surface area (Å²) in [5, 5.41) is 0.335. The Morgan fingerprint density at radius 3 is 2.94 bits per heavy atom. The van der Waals surface area contributed by atoms with Crippen LogP contribution < -0.4 is 4.90 Å².